The van der Waals surface area contributed by atoms with Crippen LogP contribution in [0.25, 0.3) is 0 Å². The number of anilines is 1. The van der Waals surface area contributed by atoms with E-state index < -0.39 is 0 Å². The fourth-order valence-electron chi connectivity index (χ4n) is 3.44. The maximum absolute atomic E-state index is 9.97. The highest BCUT2D eigenvalue weighted by Crippen LogP contribution is 2.39. The number of nitrogens with two attached hydrogens (primary N) is 1. The van der Waals surface area contributed by atoms with E-state index >= 15 is 0 Å². The Balaban J connectivity index is 1.86. The van der Waals surface area contributed by atoms with E-state index in [1.165, 1.54) is 24.8 Å². The topological polar surface area (TPSA) is 76.4 Å². The molecule has 3 N–H and O–H groups in total. The summed E-state index contributed by atoms with van der Waals surface area (Å²) in [6.45, 7) is 2.10. The number of benzene rings is 1. The van der Waals surface area contributed by atoms with Crippen LogP contribution in [0.5, 0.6) is 0 Å². The van der Waals surface area contributed by atoms with E-state index in [9.17, 15) is 5.11 Å². The molecular weight excluding hydrogens is 288 g/mol. The third-order valence-electron chi connectivity index (χ3n) is 4.78. The SMILES string of the molecule is Cc1cn(N=Cc2cccc(C3(CO)CCCCC3)c2)c(N)n1. The minimum Gasteiger partial charge on any atom is -0.395 e. The van der Waals surface area contributed by atoms with Crippen LogP contribution in [0.4, 0.5) is 5.95 Å². The molecule has 1 fully saturated rings. The van der Waals surface area contributed by atoms with Crippen molar-refractivity contribution in [2.45, 2.75) is 44.4 Å². The van der Waals surface area contributed by atoms with E-state index in [-0.39, 0.29) is 12.0 Å². The molecule has 0 bridgehead atoms. The van der Waals surface area contributed by atoms with Crippen LogP contribution in [-0.4, -0.2) is 27.6 Å². The van der Waals surface area contributed by atoms with E-state index in [2.05, 4.69) is 22.2 Å². The zero-order chi connectivity index (χ0) is 16.3. The summed E-state index contributed by atoms with van der Waals surface area (Å²) in [4.78, 5) is 4.13. The number of hydrogen-bond donors (Lipinski definition) is 2. The quantitative estimate of drug-likeness (QED) is 0.852. The van der Waals surface area contributed by atoms with E-state index in [0.717, 1.165) is 24.1 Å². The minimum atomic E-state index is -0.0906. The number of rotatable bonds is 4. The molecule has 2 aromatic rings. The van der Waals surface area contributed by atoms with Crippen molar-refractivity contribution in [1.29, 1.82) is 0 Å². The minimum absolute atomic E-state index is 0.0906. The Morgan fingerprint density at radius 2 is 2.13 bits per heavy atom. The molecule has 1 saturated carbocycles. The molecule has 1 aliphatic carbocycles. The van der Waals surface area contributed by atoms with Gasteiger partial charge in [0.15, 0.2) is 0 Å². The second-order valence-electron chi connectivity index (χ2n) is 6.45. The van der Waals surface area contributed by atoms with Crippen molar-refractivity contribution in [2.24, 2.45) is 5.10 Å². The zero-order valence-corrected chi connectivity index (χ0v) is 13.6. The average Bonchev–Trinajstić information content (AvgIpc) is 2.91. The van der Waals surface area contributed by atoms with Crippen molar-refractivity contribution in [1.82, 2.24) is 9.66 Å². The molecule has 1 aromatic heterocycles. The molecule has 122 valence electrons. The summed E-state index contributed by atoms with van der Waals surface area (Å²) in [6.07, 6.45) is 9.33. The van der Waals surface area contributed by atoms with Crippen molar-refractivity contribution in [3.05, 3.63) is 47.3 Å². The van der Waals surface area contributed by atoms with E-state index in [0.29, 0.717) is 5.95 Å². The smallest absolute Gasteiger partial charge is 0.221 e. The van der Waals surface area contributed by atoms with Gasteiger partial charge >= 0.3 is 0 Å². The van der Waals surface area contributed by atoms with Crippen LogP contribution < -0.4 is 5.73 Å². The van der Waals surface area contributed by atoms with Crippen molar-refractivity contribution < 1.29 is 5.11 Å². The molecule has 1 heterocycles. The van der Waals surface area contributed by atoms with Crippen molar-refractivity contribution in [3.8, 4) is 0 Å². The Morgan fingerprint density at radius 1 is 1.35 bits per heavy atom. The van der Waals surface area contributed by atoms with Crippen molar-refractivity contribution >= 4 is 12.2 Å². The predicted molar refractivity (Wildman–Crippen MR) is 92.7 cm³/mol. The summed E-state index contributed by atoms with van der Waals surface area (Å²) < 4.78 is 1.57. The average molecular weight is 312 g/mol. The highest BCUT2D eigenvalue weighted by Gasteiger charge is 2.33. The standard InChI is InChI=1S/C18H24N4O/c1-14-12-22(17(19)21-14)20-11-15-6-5-7-16(10-15)18(13-23)8-3-2-4-9-18/h5-7,10-12,23H,2-4,8-9,13H2,1H3,(H2,19,21). The van der Waals surface area contributed by atoms with Crippen LogP contribution >= 0.6 is 0 Å². The molecule has 23 heavy (non-hydrogen) atoms. The van der Waals surface area contributed by atoms with Gasteiger partial charge in [-0.3, -0.25) is 0 Å². The Hall–Kier alpha value is -2.14. The number of hydrogen-bond acceptors (Lipinski definition) is 4. The number of aromatic nitrogens is 2. The molecule has 0 radical (unpaired) electrons. The van der Waals surface area contributed by atoms with Crippen LogP contribution in [0, 0.1) is 6.92 Å². The molecule has 0 atom stereocenters. The Labute approximate surface area is 136 Å². The Bertz CT molecular complexity index is 699. The predicted octanol–water partition coefficient (Wildman–Crippen LogP) is 2.85. The van der Waals surface area contributed by atoms with Gasteiger partial charge in [-0.05, 0) is 37.0 Å². The summed E-state index contributed by atoms with van der Waals surface area (Å²) in [5.41, 5.74) is 8.76. The lowest BCUT2D eigenvalue weighted by atomic mass is 9.70. The Morgan fingerprint density at radius 3 is 2.78 bits per heavy atom. The van der Waals surface area contributed by atoms with Gasteiger partial charge in [0.05, 0.1) is 24.7 Å². The highest BCUT2D eigenvalue weighted by atomic mass is 16.3. The number of aliphatic hydroxyl groups is 1. The fourth-order valence-corrected chi connectivity index (χ4v) is 3.44. The number of aliphatic hydroxyl groups excluding tert-OH is 1. The molecular formula is C18H24N4O. The van der Waals surface area contributed by atoms with E-state index in [1.54, 1.807) is 17.1 Å². The second-order valence-corrected chi connectivity index (χ2v) is 6.45. The van der Waals surface area contributed by atoms with Crippen LogP contribution in [0.1, 0.15) is 48.9 Å². The molecule has 0 aliphatic heterocycles. The first kappa shape index (κ1) is 15.7. The molecule has 1 aromatic carbocycles. The lowest BCUT2D eigenvalue weighted by Crippen LogP contribution is -2.33. The second kappa shape index (κ2) is 6.54. The number of nitrogens with zero attached hydrogens (tertiary/aromatic N) is 3. The summed E-state index contributed by atoms with van der Waals surface area (Å²) in [7, 11) is 0. The largest absolute Gasteiger partial charge is 0.395 e. The first-order chi connectivity index (χ1) is 11.1. The van der Waals surface area contributed by atoms with Crippen molar-refractivity contribution in [2.75, 3.05) is 12.3 Å². The van der Waals surface area contributed by atoms with Crippen LogP contribution in [0.15, 0.2) is 35.6 Å². The fraction of sp³-hybridized carbons (Fsp3) is 0.444. The lowest BCUT2D eigenvalue weighted by molar-refractivity contribution is 0.152. The van der Waals surface area contributed by atoms with Gasteiger partial charge in [-0.2, -0.15) is 5.10 Å². The van der Waals surface area contributed by atoms with Crippen molar-refractivity contribution in [3.63, 3.8) is 0 Å². The highest BCUT2D eigenvalue weighted by molar-refractivity contribution is 5.80. The maximum atomic E-state index is 9.97. The number of aryl methyl sites for hydroxylation is 1. The van der Waals surface area contributed by atoms with Crippen LogP contribution in [0.3, 0.4) is 0 Å². The van der Waals surface area contributed by atoms with Crippen LogP contribution in [0.2, 0.25) is 0 Å². The van der Waals surface area contributed by atoms with Gasteiger partial charge in [0.2, 0.25) is 5.95 Å². The molecule has 0 spiro atoms. The van der Waals surface area contributed by atoms with Crippen LogP contribution in [-0.2, 0) is 5.41 Å². The first-order valence-electron chi connectivity index (χ1n) is 8.20. The van der Waals surface area contributed by atoms with Gasteiger partial charge in [-0.25, -0.2) is 9.66 Å². The summed E-state index contributed by atoms with van der Waals surface area (Å²) in [5.74, 6) is 0.383. The summed E-state index contributed by atoms with van der Waals surface area (Å²) in [6, 6.07) is 8.30. The summed E-state index contributed by atoms with van der Waals surface area (Å²) in [5, 5.41) is 14.3. The maximum Gasteiger partial charge on any atom is 0.221 e. The van der Waals surface area contributed by atoms with E-state index in [4.69, 9.17) is 5.73 Å². The zero-order valence-electron chi connectivity index (χ0n) is 13.6. The van der Waals surface area contributed by atoms with Gasteiger partial charge in [-0.15, -0.1) is 0 Å². The molecule has 1 aliphatic rings. The van der Waals surface area contributed by atoms with Gasteiger partial charge < -0.3 is 10.8 Å². The normalized spacial score (nSPS) is 17.7. The molecule has 0 amide bonds. The number of imidazole rings is 1. The van der Waals surface area contributed by atoms with Gasteiger partial charge in [0.25, 0.3) is 0 Å². The molecule has 5 nitrogen and oxygen atoms in total. The monoisotopic (exact) mass is 312 g/mol. The summed E-state index contributed by atoms with van der Waals surface area (Å²) >= 11 is 0. The number of nitrogen functional groups attached to an aromatic ring is 1. The van der Waals surface area contributed by atoms with Gasteiger partial charge in [-0.1, -0.05) is 37.5 Å². The third-order valence-corrected chi connectivity index (χ3v) is 4.78. The van der Waals surface area contributed by atoms with Gasteiger partial charge in [0, 0.05) is 5.41 Å². The molecule has 5 heteroatoms. The molecule has 0 saturated heterocycles. The third kappa shape index (κ3) is 3.29. The van der Waals surface area contributed by atoms with E-state index in [1.807, 2.05) is 19.1 Å². The first-order valence-corrected chi connectivity index (χ1v) is 8.20. The lowest BCUT2D eigenvalue weighted by Gasteiger charge is -2.36. The molecule has 0 unspecified atom stereocenters. The van der Waals surface area contributed by atoms with Gasteiger partial charge in [0.1, 0.15) is 0 Å². The Kier molecular flexibility index (Phi) is 4.48. The molecule has 3 rings (SSSR count).